The number of nitrogens with one attached hydrogen (secondary N) is 1. The maximum Gasteiger partial charge on any atom is 0.416 e. The maximum atomic E-state index is 12.7. The van der Waals surface area contributed by atoms with E-state index in [0.717, 1.165) is 12.1 Å². The summed E-state index contributed by atoms with van der Waals surface area (Å²) in [4.78, 5) is 0. The molecule has 2 aromatic rings. The molecule has 0 aliphatic rings. The van der Waals surface area contributed by atoms with Crippen molar-refractivity contribution in [2.45, 2.75) is 6.18 Å². The van der Waals surface area contributed by atoms with Crippen LogP contribution in [0.4, 0.5) is 24.5 Å². The van der Waals surface area contributed by atoms with Crippen molar-refractivity contribution in [2.24, 2.45) is 5.10 Å². The van der Waals surface area contributed by atoms with E-state index in [1.165, 1.54) is 12.1 Å². The molecule has 0 fully saturated rings. The second-order valence-corrected chi connectivity index (χ2v) is 5.74. The van der Waals surface area contributed by atoms with Crippen LogP contribution in [0.5, 0.6) is 0 Å². The highest BCUT2D eigenvalue weighted by Crippen LogP contribution is 2.38. The zero-order valence-corrected chi connectivity index (χ0v) is 13.9. The molecule has 2 aromatic carbocycles. The van der Waals surface area contributed by atoms with Gasteiger partial charge in [-0.15, -0.1) is 0 Å². The van der Waals surface area contributed by atoms with Crippen molar-refractivity contribution >= 4 is 51.3 Å². The summed E-state index contributed by atoms with van der Waals surface area (Å²) in [5.41, 5.74) is 3.10. The first-order valence-electron chi connectivity index (χ1n) is 6.33. The molecule has 0 spiro atoms. The van der Waals surface area contributed by atoms with E-state index < -0.39 is 11.7 Å². The number of nitrogens with two attached hydrogens (primary N) is 1. The van der Waals surface area contributed by atoms with Crippen LogP contribution in [-0.2, 0) is 6.18 Å². The first-order chi connectivity index (χ1) is 11.2. The Hall–Kier alpha value is -1.51. The van der Waals surface area contributed by atoms with E-state index in [4.69, 9.17) is 34.8 Å². The number of rotatable bonds is 4. The minimum absolute atomic E-state index is 0.00556. The fourth-order valence-corrected chi connectivity index (χ4v) is 2.45. The SMILES string of the molecule is [O-][NH2+]c1ccc(/C(Cl)=N/Nc2c(Cl)cc(C(F)(F)F)cc2Cl)cc1. The van der Waals surface area contributed by atoms with Gasteiger partial charge in [0.1, 0.15) is 5.69 Å². The fourth-order valence-electron chi connectivity index (χ4n) is 1.71. The zero-order valence-electron chi connectivity index (χ0n) is 11.7. The average molecular weight is 399 g/mol. The summed E-state index contributed by atoms with van der Waals surface area (Å²) in [6.07, 6.45) is -4.56. The Kier molecular flexibility index (Phi) is 5.95. The monoisotopic (exact) mass is 397 g/mol. The lowest BCUT2D eigenvalue weighted by atomic mass is 10.2. The molecule has 0 aromatic heterocycles. The molecule has 3 N–H and O–H groups in total. The minimum atomic E-state index is -4.56. The number of hydrogen-bond acceptors (Lipinski definition) is 3. The zero-order chi connectivity index (χ0) is 17.9. The first-order valence-corrected chi connectivity index (χ1v) is 7.47. The Labute approximate surface area is 149 Å². The number of benzene rings is 2. The molecule has 0 amide bonds. The molecule has 0 radical (unpaired) electrons. The normalized spacial score (nSPS) is 12.4. The van der Waals surface area contributed by atoms with Crippen molar-refractivity contribution in [3.05, 3.63) is 62.8 Å². The predicted octanol–water partition coefficient (Wildman–Crippen LogP) is 4.72. The third-order valence-corrected chi connectivity index (χ3v) is 3.82. The van der Waals surface area contributed by atoms with Crippen molar-refractivity contribution in [1.29, 1.82) is 0 Å². The van der Waals surface area contributed by atoms with Crippen molar-refractivity contribution < 1.29 is 18.7 Å². The topological polar surface area (TPSA) is 64.1 Å². The second kappa shape index (κ2) is 7.58. The van der Waals surface area contributed by atoms with Gasteiger partial charge in [-0.3, -0.25) is 5.43 Å². The Morgan fingerprint density at radius 3 is 2.08 bits per heavy atom. The van der Waals surface area contributed by atoms with E-state index in [1.54, 1.807) is 12.1 Å². The molecule has 10 heteroatoms. The van der Waals surface area contributed by atoms with Gasteiger partial charge in [0, 0.05) is 5.56 Å². The molecule has 4 nitrogen and oxygen atoms in total. The molecule has 0 saturated heterocycles. The number of hydrazone groups is 1. The highest BCUT2D eigenvalue weighted by Gasteiger charge is 2.32. The molecular formula is C14H9Cl3F3N3O. The van der Waals surface area contributed by atoms with Crippen molar-refractivity contribution in [2.75, 3.05) is 5.43 Å². The molecule has 0 unspecified atom stereocenters. The van der Waals surface area contributed by atoms with E-state index in [1.807, 2.05) is 0 Å². The molecule has 128 valence electrons. The molecule has 0 aliphatic heterocycles. The third kappa shape index (κ3) is 4.52. The van der Waals surface area contributed by atoms with Crippen LogP contribution in [0.15, 0.2) is 41.5 Å². The Balaban J connectivity index is 2.24. The van der Waals surface area contributed by atoms with Crippen LogP contribution in [0.2, 0.25) is 10.0 Å². The highest BCUT2D eigenvalue weighted by atomic mass is 35.5. The van der Waals surface area contributed by atoms with Gasteiger partial charge in [-0.05, 0) is 36.4 Å². The van der Waals surface area contributed by atoms with Crippen molar-refractivity contribution in [1.82, 2.24) is 0 Å². The van der Waals surface area contributed by atoms with Gasteiger partial charge in [0.25, 0.3) is 0 Å². The van der Waals surface area contributed by atoms with Gasteiger partial charge in [0.05, 0.1) is 21.3 Å². The van der Waals surface area contributed by atoms with E-state index >= 15 is 0 Å². The summed E-state index contributed by atoms with van der Waals surface area (Å²) >= 11 is 17.6. The standard InChI is InChI=1S/C14H9Cl3F3N3O/c15-10-5-8(14(18,19)20)6-11(16)12(10)21-22-13(17)7-1-3-9(23-24)4-2-7/h1-6,21H,23H2/b22-13-. The Morgan fingerprint density at radius 1 is 1.08 bits per heavy atom. The summed E-state index contributed by atoms with van der Waals surface area (Å²) in [7, 11) is 0. The molecule has 0 bridgehead atoms. The van der Waals surface area contributed by atoms with Gasteiger partial charge in [0.15, 0.2) is 5.17 Å². The number of quaternary nitrogens is 1. The lowest BCUT2D eigenvalue weighted by molar-refractivity contribution is -0.497. The first kappa shape index (κ1) is 18.8. The maximum absolute atomic E-state index is 12.7. The van der Waals surface area contributed by atoms with Crippen LogP contribution in [-0.4, -0.2) is 5.17 Å². The molecule has 24 heavy (non-hydrogen) atoms. The summed E-state index contributed by atoms with van der Waals surface area (Å²) in [5, 5.41) is 13.9. The number of halogens is 6. The lowest BCUT2D eigenvalue weighted by Gasteiger charge is -2.12. The fraction of sp³-hybridized carbons (Fsp3) is 0.0714. The Bertz CT molecular complexity index is 741. The van der Waals surface area contributed by atoms with Crippen LogP contribution < -0.4 is 10.9 Å². The highest BCUT2D eigenvalue weighted by molar-refractivity contribution is 6.69. The number of hydrogen-bond donors (Lipinski definition) is 2. The smallest absolute Gasteiger partial charge is 0.416 e. The summed E-state index contributed by atoms with van der Waals surface area (Å²) in [6, 6.07) is 7.67. The van der Waals surface area contributed by atoms with E-state index in [0.29, 0.717) is 16.7 Å². The van der Waals surface area contributed by atoms with E-state index in [9.17, 15) is 18.4 Å². The van der Waals surface area contributed by atoms with Crippen LogP contribution in [0.25, 0.3) is 0 Å². The number of nitrogens with zero attached hydrogens (tertiary/aromatic N) is 1. The van der Waals surface area contributed by atoms with Crippen LogP contribution in [0.1, 0.15) is 11.1 Å². The van der Waals surface area contributed by atoms with E-state index in [-0.39, 0.29) is 20.9 Å². The second-order valence-electron chi connectivity index (χ2n) is 4.57. The molecular weight excluding hydrogens is 390 g/mol. The molecule has 2 rings (SSSR count). The van der Waals surface area contributed by atoms with Crippen LogP contribution in [0, 0.1) is 5.21 Å². The molecule has 0 aliphatic carbocycles. The molecule has 0 atom stereocenters. The van der Waals surface area contributed by atoms with Gasteiger partial charge in [-0.1, -0.05) is 34.8 Å². The van der Waals surface area contributed by atoms with Crippen LogP contribution >= 0.6 is 34.8 Å². The minimum Gasteiger partial charge on any atom is -0.630 e. The lowest BCUT2D eigenvalue weighted by Crippen LogP contribution is -2.70. The van der Waals surface area contributed by atoms with E-state index in [2.05, 4.69) is 10.5 Å². The summed E-state index contributed by atoms with van der Waals surface area (Å²) in [6.45, 7) is 0. The molecule has 0 heterocycles. The van der Waals surface area contributed by atoms with Gasteiger partial charge in [-0.2, -0.15) is 18.3 Å². The average Bonchev–Trinajstić information content (AvgIpc) is 2.53. The summed E-state index contributed by atoms with van der Waals surface area (Å²) in [5.74, 6) is 0. The quantitative estimate of drug-likeness (QED) is 0.445. The van der Waals surface area contributed by atoms with Crippen molar-refractivity contribution in [3.8, 4) is 0 Å². The van der Waals surface area contributed by atoms with Crippen molar-refractivity contribution in [3.63, 3.8) is 0 Å². The third-order valence-electron chi connectivity index (χ3n) is 2.92. The Morgan fingerprint density at radius 2 is 1.62 bits per heavy atom. The van der Waals surface area contributed by atoms with Gasteiger partial charge >= 0.3 is 6.18 Å². The predicted molar refractivity (Wildman–Crippen MR) is 88.9 cm³/mol. The number of alkyl halides is 3. The van der Waals surface area contributed by atoms with Crippen LogP contribution in [0.3, 0.4) is 0 Å². The molecule has 0 saturated carbocycles. The van der Waals surface area contributed by atoms with Gasteiger partial charge in [-0.25, -0.2) is 0 Å². The largest absolute Gasteiger partial charge is 0.630 e. The van der Waals surface area contributed by atoms with Gasteiger partial charge in [0.2, 0.25) is 0 Å². The number of anilines is 1. The van der Waals surface area contributed by atoms with Gasteiger partial charge < -0.3 is 10.7 Å². The summed E-state index contributed by atoms with van der Waals surface area (Å²) < 4.78 is 38.0.